The Morgan fingerprint density at radius 3 is 2.48 bits per heavy atom. The lowest BCUT2D eigenvalue weighted by atomic mass is 9.91. The summed E-state index contributed by atoms with van der Waals surface area (Å²) in [5.41, 5.74) is 3.75. The number of hydrogen-bond donors (Lipinski definition) is 0. The van der Waals surface area contributed by atoms with Crippen molar-refractivity contribution in [3.05, 3.63) is 91.1 Å². The van der Waals surface area contributed by atoms with Crippen molar-refractivity contribution in [2.24, 2.45) is 0 Å². The minimum absolute atomic E-state index is 0.489. The van der Waals surface area contributed by atoms with Gasteiger partial charge in [-0.25, -0.2) is 0 Å². The van der Waals surface area contributed by atoms with Crippen LogP contribution in [-0.2, 0) is 0 Å². The van der Waals surface area contributed by atoms with Gasteiger partial charge < -0.3 is 0 Å². The van der Waals surface area contributed by atoms with E-state index < -0.39 is 0 Å². The van der Waals surface area contributed by atoms with E-state index in [1.807, 2.05) is 18.2 Å². The number of fused-ring (bicyclic) bond motifs is 1. The van der Waals surface area contributed by atoms with Crippen LogP contribution in [0.3, 0.4) is 0 Å². The number of benzene rings is 2. The Balaban J connectivity index is 2.68. The lowest BCUT2D eigenvalue weighted by Crippen LogP contribution is -1.93. The molecule has 0 saturated heterocycles. The van der Waals surface area contributed by atoms with Gasteiger partial charge in [0.25, 0.3) is 0 Å². The molecule has 0 aliphatic rings. The highest BCUT2D eigenvalue weighted by molar-refractivity contribution is 5.91. The van der Waals surface area contributed by atoms with Crippen LogP contribution in [0, 0.1) is 0 Å². The Bertz CT molecular complexity index is 712. The van der Waals surface area contributed by atoms with Gasteiger partial charge >= 0.3 is 0 Å². The Kier molecular flexibility index (Phi) is 4.94. The third-order valence-corrected chi connectivity index (χ3v) is 3.56. The molecule has 2 aromatic rings. The van der Waals surface area contributed by atoms with E-state index in [0.717, 1.165) is 5.57 Å². The molecule has 0 bridgehead atoms. The van der Waals surface area contributed by atoms with Crippen molar-refractivity contribution in [3.8, 4) is 0 Å². The van der Waals surface area contributed by atoms with Gasteiger partial charge in [0.2, 0.25) is 0 Å². The monoisotopic (exact) mass is 274 g/mol. The summed E-state index contributed by atoms with van der Waals surface area (Å²) >= 11 is 0. The summed E-state index contributed by atoms with van der Waals surface area (Å²) in [6.45, 7) is 12.0. The standard InChI is InChI=1S/C21H22/c1-5-7-11-17(10-6-2)19-14-18-12-8-9-13-20(18)21(15-19)16(3)4/h5-16H,1-2H2,3-4H3/b11-7-,17-10+. The lowest BCUT2D eigenvalue weighted by Gasteiger charge is -2.14. The molecule has 0 spiro atoms. The number of allylic oxidation sites excluding steroid dienone is 6. The summed E-state index contributed by atoms with van der Waals surface area (Å²) in [6, 6.07) is 13.1. The fraction of sp³-hybridized carbons (Fsp3) is 0.143. The maximum absolute atomic E-state index is 3.82. The quantitative estimate of drug-likeness (QED) is 0.563. The Morgan fingerprint density at radius 1 is 1.05 bits per heavy atom. The van der Waals surface area contributed by atoms with Crippen LogP contribution in [0.2, 0.25) is 0 Å². The molecule has 0 unspecified atom stereocenters. The molecule has 2 rings (SSSR count). The summed E-state index contributed by atoms with van der Waals surface area (Å²) < 4.78 is 0. The molecular formula is C21H22. The zero-order valence-electron chi connectivity index (χ0n) is 12.8. The fourth-order valence-corrected chi connectivity index (χ4v) is 2.53. The number of rotatable bonds is 5. The van der Waals surface area contributed by atoms with E-state index in [1.165, 1.54) is 21.9 Å². The van der Waals surface area contributed by atoms with E-state index in [0.29, 0.717) is 5.92 Å². The van der Waals surface area contributed by atoms with Gasteiger partial charge in [-0.05, 0) is 39.5 Å². The van der Waals surface area contributed by atoms with Crippen molar-refractivity contribution in [3.63, 3.8) is 0 Å². The average molecular weight is 274 g/mol. The topological polar surface area (TPSA) is 0 Å². The third-order valence-electron chi connectivity index (χ3n) is 3.56. The van der Waals surface area contributed by atoms with Gasteiger partial charge in [0, 0.05) is 0 Å². The van der Waals surface area contributed by atoms with Crippen LogP contribution in [-0.4, -0.2) is 0 Å². The Labute approximate surface area is 127 Å². The zero-order valence-corrected chi connectivity index (χ0v) is 12.8. The molecule has 0 fully saturated rings. The maximum Gasteiger partial charge on any atom is -0.0149 e. The molecule has 0 heterocycles. The highest BCUT2D eigenvalue weighted by Crippen LogP contribution is 2.30. The predicted octanol–water partition coefficient (Wildman–Crippen LogP) is 6.27. The first kappa shape index (κ1) is 15.1. The minimum Gasteiger partial charge on any atom is -0.0991 e. The lowest BCUT2D eigenvalue weighted by molar-refractivity contribution is 0.876. The summed E-state index contributed by atoms with van der Waals surface area (Å²) in [7, 11) is 0. The molecule has 106 valence electrons. The first-order valence-electron chi connectivity index (χ1n) is 7.32. The summed E-state index contributed by atoms with van der Waals surface area (Å²) in [6.07, 6.45) is 9.69. The average Bonchev–Trinajstić information content (AvgIpc) is 2.50. The van der Waals surface area contributed by atoms with Gasteiger partial charge in [-0.15, -0.1) is 0 Å². The molecule has 21 heavy (non-hydrogen) atoms. The van der Waals surface area contributed by atoms with Crippen molar-refractivity contribution >= 4 is 16.3 Å². The SMILES string of the molecule is C=C/C=C\C(=C/C=C)c1cc(C(C)C)c2ccccc2c1. The van der Waals surface area contributed by atoms with Crippen LogP contribution in [0.15, 0.2) is 79.9 Å². The van der Waals surface area contributed by atoms with E-state index in [9.17, 15) is 0 Å². The minimum atomic E-state index is 0.489. The third kappa shape index (κ3) is 3.41. The normalized spacial score (nSPS) is 12.2. The van der Waals surface area contributed by atoms with Gasteiger partial charge in [-0.1, -0.05) is 87.7 Å². The van der Waals surface area contributed by atoms with Gasteiger partial charge in [0.15, 0.2) is 0 Å². The summed E-state index contributed by atoms with van der Waals surface area (Å²) in [4.78, 5) is 0. The molecule has 0 saturated carbocycles. The van der Waals surface area contributed by atoms with Crippen LogP contribution < -0.4 is 0 Å². The summed E-state index contributed by atoms with van der Waals surface area (Å²) in [5.74, 6) is 0.489. The largest absolute Gasteiger partial charge is 0.0991 e. The van der Waals surface area contributed by atoms with E-state index in [1.54, 1.807) is 6.08 Å². The maximum atomic E-state index is 3.82. The van der Waals surface area contributed by atoms with Crippen molar-refractivity contribution < 1.29 is 0 Å². The second-order valence-corrected chi connectivity index (χ2v) is 5.39. The van der Waals surface area contributed by atoms with Crippen molar-refractivity contribution in [2.75, 3.05) is 0 Å². The highest BCUT2D eigenvalue weighted by Gasteiger charge is 2.08. The molecular weight excluding hydrogens is 252 g/mol. The molecule has 0 amide bonds. The molecule has 0 aliphatic carbocycles. The Morgan fingerprint density at radius 2 is 1.81 bits per heavy atom. The zero-order chi connectivity index (χ0) is 15.2. The molecule has 0 heteroatoms. The predicted molar refractivity (Wildman–Crippen MR) is 95.5 cm³/mol. The van der Waals surface area contributed by atoms with Crippen molar-refractivity contribution in [1.29, 1.82) is 0 Å². The molecule has 0 N–H and O–H groups in total. The summed E-state index contributed by atoms with van der Waals surface area (Å²) in [5, 5.41) is 2.61. The van der Waals surface area contributed by atoms with E-state index in [4.69, 9.17) is 0 Å². The highest BCUT2D eigenvalue weighted by atomic mass is 14.1. The Hall–Kier alpha value is -2.34. The molecule has 0 radical (unpaired) electrons. The van der Waals surface area contributed by atoms with E-state index in [-0.39, 0.29) is 0 Å². The number of hydrogen-bond acceptors (Lipinski definition) is 0. The molecule has 0 nitrogen and oxygen atoms in total. The van der Waals surface area contributed by atoms with Crippen LogP contribution >= 0.6 is 0 Å². The first-order chi connectivity index (χ1) is 10.2. The molecule has 0 aliphatic heterocycles. The van der Waals surface area contributed by atoms with Gasteiger partial charge in [-0.2, -0.15) is 0 Å². The molecule has 2 aromatic carbocycles. The molecule has 0 aromatic heterocycles. The first-order valence-corrected chi connectivity index (χ1v) is 7.32. The molecule has 0 atom stereocenters. The van der Waals surface area contributed by atoms with Crippen molar-refractivity contribution in [2.45, 2.75) is 19.8 Å². The van der Waals surface area contributed by atoms with Crippen LogP contribution in [0.1, 0.15) is 30.9 Å². The van der Waals surface area contributed by atoms with Gasteiger partial charge in [0.05, 0.1) is 0 Å². The van der Waals surface area contributed by atoms with Gasteiger partial charge in [-0.3, -0.25) is 0 Å². The second-order valence-electron chi connectivity index (χ2n) is 5.39. The van der Waals surface area contributed by atoms with Crippen LogP contribution in [0.5, 0.6) is 0 Å². The second kappa shape index (κ2) is 6.90. The van der Waals surface area contributed by atoms with Crippen LogP contribution in [0.4, 0.5) is 0 Å². The fourth-order valence-electron chi connectivity index (χ4n) is 2.53. The van der Waals surface area contributed by atoms with Crippen LogP contribution in [0.25, 0.3) is 16.3 Å². The van der Waals surface area contributed by atoms with Crippen molar-refractivity contribution in [1.82, 2.24) is 0 Å². The van der Waals surface area contributed by atoms with E-state index in [2.05, 4.69) is 69.5 Å². The van der Waals surface area contributed by atoms with Gasteiger partial charge in [0.1, 0.15) is 0 Å². The smallest absolute Gasteiger partial charge is 0.0149 e. The van der Waals surface area contributed by atoms with E-state index >= 15 is 0 Å².